The SMILES string of the molecule is C=CCN1[C@H]2c3c(cc(C)c(OC)c3O)C[C@H]1[C@H](C#N)N1C2[C@@H]2SC[C@]3(NCCc4cc(O)c(OC)cc43)C(=O)OC[C@H]1c1c3c(c(C)c(OC(=O)C=Cc4ccccc4)c12)OCO3. The first-order valence-corrected chi connectivity index (χ1v) is 22.4. The second-order valence-electron chi connectivity index (χ2n) is 17.0. The number of nitriles is 1. The molecule has 14 nitrogen and oxygen atoms in total. The molecule has 2 saturated heterocycles. The first-order chi connectivity index (χ1) is 31.0. The van der Waals surface area contributed by atoms with Crippen LogP contribution >= 0.6 is 11.8 Å². The zero-order valence-electron chi connectivity index (χ0n) is 35.9. The van der Waals surface area contributed by atoms with Crippen LogP contribution in [0.3, 0.4) is 0 Å². The molecule has 15 heteroatoms. The summed E-state index contributed by atoms with van der Waals surface area (Å²) in [5.74, 6) is 0.619. The zero-order chi connectivity index (χ0) is 44.6. The number of phenols is 2. The number of benzene rings is 4. The Balaban J connectivity index is 1.24. The predicted octanol–water partition coefficient (Wildman–Crippen LogP) is 6.24. The average Bonchev–Trinajstić information content (AvgIpc) is 3.79. The second kappa shape index (κ2) is 16.1. The number of carbonyl (C=O) groups excluding carboxylic acids is 2. The van der Waals surface area contributed by atoms with Gasteiger partial charge in [-0.2, -0.15) is 5.26 Å². The van der Waals surface area contributed by atoms with Crippen LogP contribution < -0.4 is 29.0 Å². The van der Waals surface area contributed by atoms with Crippen LogP contribution in [-0.4, -0.2) is 96.5 Å². The third-order valence-electron chi connectivity index (χ3n) is 13.8. The van der Waals surface area contributed by atoms with Crippen molar-refractivity contribution >= 4 is 29.8 Å². The molecule has 7 atom stereocenters. The number of aryl methyl sites for hydroxylation is 1. The summed E-state index contributed by atoms with van der Waals surface area (Å²) >= 11 is 1.46. The molecular weight excluding hydrogens is 837 g/mol. The van der Waals surface area contributed by atoms with E-state index in [1.54, 1.807) is 18.2 Å². The van der Waals surface area contributed by atoms with Gasteiger partial charge >= 0.3 is 11.9 Å². The Bertz CT molecular complexity index is 2680. The van der Waals surface area contributed by atoms with Gasteiger partial charge in [0.2, 0.25) is 6.79 Å². The van der Waals surface area contributed by atoms with Crippen LogP contribution in [0, 0.1) is 25.2 Å². The molecule has 1 spiro atoms. The molecule has 11 rings (SSSR count). The number of ether oxygens (including phenoxy) is 6. The Morgan fingerprint density at radius 2 is 1.84 bits per heavy atom. The van der Waals surface area contributed by atoms with E-state index in [0.717, 1.165) is 22.3 Å². The van der Waals surface area contributed by atoms with E-state index in [-0.39, 0.29) is 48.2 Å². The molecule has 4 aromatic rings. The van der Waals surface area contributed by atoms with Crippen molar-refractivity contribution in [2.24, 2.45) is 0 Å². The summed E-state index contributed by atoms with van der Waals surface area (Å²) in [6.45, 7) is 8.35. The smallest absolute Gasteiger partial charge is 0.336 e. The van der Waals surface area contributed by atoms with E-state index in [4.69, 9.17) is 28.4 Å². The number of fused-ring (bicyclic) bond motifs is 9. The standard InChI is InChI=1S/C49H48N4O10S/c1-6-16-52-31-18-29-17-25(2)43(59-5)42(56)37(29)40(52)41-47-39-38(46-45(61-24-62-46)26(3)44(39)63-36(55)13-12-27-10-8-7-9-11-27)33(53(41)32(31)21-50)22-60-48(57)49(23-64-47)30-20-35(58-4)34(54)19-28(30)14-15-51-49/h6-13,17,19-20,31-33,40-41,47,51,54,56H,1,14-16,18,22-24H2,2-5H3/t31-,32-,33-,40-,41?,47+,49+/m0/s1. The van der Waals surface area contributed by atoms with Crippen molar-refractivity contribution in [1.82, 2.24) is 15.1 Å². The maximum Gasteiger partial charge on any atom is 0.336 e. The summed E-state index contributed by atoms with van der Waals surface area (Å²) in [6, 6.07) is 14.4. The molecular formula is C49H48N4O10S. The average molecular weight is 885 g/mol. The van der Waals surface area contributed by atoms with Crippen molar-refractivity contribution in [2.75, 3.05) is 46.5 Å². The van der Waals surface area contributed by atoms with E-state index in [1.165, 1.54) is 32.1 Å². The number of rotatable bonds is 7. The van der Waals surface area contributed by atoms with Gasteiger partial charge in [-0.15, -0.1) is 18.3 Å². The third kappa shape index (κ3) is 6.25. The number of nitrogens with zero attached hydrogens (tertiary/aromatic N) is 3. The molecule has 330 valence electrons. The predicted molar refractivity (Wildman–Crippen MR) is 237 cm³/mol. The maximum atomic E-state index is 15.0. The van der Waals surface area contributed by atoms with Crippen molar-refractivity contribution in [1.29, 1.82) is 5.26 Å². The molecule has 1 unspecified atom stereocenters. The van der Waals surface area contributed by atoms with Crippen LogP contribution in [0.2, 0.25) is 0 Å². The topological polar surface area (TPSA) is 172 Å². The Kier molecular flexibility index (Phi) is 10.5. The third-order valence-corrected chi connectivity index (χ3v) is 15.2. The number of hydrogen-bond acceptors (Lipinski definition) is 15. The number of aromatic hydroxyl groups is 2. The van der Waals surface area contributed by atoms with Gasteiger partial charge in [0, 0.05) is 59.3 Å². The molecule has 0 aliphatic carbocycles. The van der Waals surface area contributed by atoms with Gasteiger partial charge < -0.3 is 38.6 Å². The highest BCUT2D eigenvalue weighted by Crippen LogP contribution is 2.65. The maximum absolute atomic E-state index is 15.0. The molecule has 7 heterocycles. The van der Waals surface area contributed by atoms with Gasteiger partial charge in [-0.05, 0) is 72.7 Å². The molecule has 64 heavy (non-hydrogen) atoms. The highest BCUT2D eigenvalue weighted by molar-refractivity contribution is 7.99. The lowest BCUT2D eigenvalue weighted by Gasteiger charge is -2.62. The number of piperazine rings is 1. The molecule has 4 aromatic carbocycles. The van der Waals surface area contributed by atoms with Crippen molar-refractivity contribution in [3.05, 3.63) is 117 Å². The molecule has 3 N–H and O–H groups in total. The Morgan fingerprint density at radius 1 is 1.05 bits per heavy atom. The van der Waals surface area contributed by atoms with E-state index in [2.05, 4.69) is 27.8 Å². The van der Waals surface area contributed by atoms with Gasteiger partial charge in [0.15, 0.2) is 40.0 Å². The molecule has 0 radical (unpaired) electrons. The Morgan fingerprint density at radius 3 is 2.59 bits per heavy atom. The molecule has 0 aromatic heterocycles. The summed E-state index contributed by atoms with van der Waals surface area (Å²) in [5.41, 5.74) is 4.94. The minimum atomic E-state index is -1.41. The van der Waals surface area contributed by atoms with E-state index in [1.807, 2.05) is 56.3 Å². The molecule has 2 fully saturated rings. The molecule has 4 bridgehead atoms. The van der Waals surface area contributed by atoms with Gasteiger partial charge in [-0.25, -0.2) is 9.59 Å². The van der Waals surface area contributed by atoms with Crippen LogP contribution in [0.5, 0.6) is 40.2 Å². The zero-order valence-corrected chi connectivity index (χ0v) is 36.7. The van der Waals surface area contributed by atoms with Gasteiger partial charge in [0.1, 0.15) is 18.4 Å². The number of carbonyl (C=O) groups is 2. The van der Waals surface area contributed by atoms with Crippen LogP contribution in [0.15, 0.2) is 67.3 Å². The summed E-state index contributed by atoms with van der Waals surface area (Å²) in [5, 5.41) is 37.5. The summed E-state index contributed by atoms with van der Waals surface area (Å²) < 4.78 is 36.9. The van der Waals surface area contributed by atoms with E-state index in [9.17, 15) is 20.3 Å². The van der Waals surface area contributed by atoms with Gasteiger partial charge in [0.05, 0.1) is 37.6 Å². The quantitative estimate of drug-likeness (QED) is 0.0824. The summed E-state index contributed by atoms with van der Waals surface area (Å²) in [7, 11) is 3.00. The lowest BCUT2D eigenvalue weighted by molar-refractivity contribution is -0.157. The monoisotopic (exact) mass is 884 g/mol. The molecule has 0 amide bonds. The van der Waals surface area contributed by atoms with Crippen molar-refractivity contribution in [3.8, 4) is 46.3 Å². The molecule has 7 aliphatic heterocycles. The first kappa shape index (κ1) is 41.8. The fraction of sp³-hybridized carbons (Fsp3) is 0.367. The van der Waals surface area contributed by atoms with E-state index >= 15 is 4.79 Å². The number of methoxy groups -OCH3 is 2. The first-order valence-electron chi connectivity index (χ1n) is 21.3. The highest BCUT2D eigenvalue weighted by atomic mass is 32.2. The minimum Gasteiger partial charge on any atom is -0.504 e. The number of nitrogens with one attached hydrogen (secondary N) is 1. The Labute approximate surface area is 374 Å². The van der Waals surface area contributed by atoms with Gasteiger partial charge in [-0.3, -0.25) is 15.1 Å². The fourth-order valence-electron chi connectivity index (χ4n) is 11.2. The number of hydrogen-bond donors (Lipinski definition) is 3. The second-order valence-corrected chi connectivity index (χ2v) is 18.1. The van der Waals surface area contributed by atoms with Gasteiger partial charge in [-0.1, -0.05) is 42.5 Å². The van der Waals surface area contributed by atoms with Crippen molar-refractivity contribution < 1.29 is 48.2 Å². The lowest BCUT2D eigenvalue weighted by atomic mass is 9.71. The number of esters is 2. The van der Waals surface area contributed by atoms with E-state index < -0.39 is 46.9 Å². The van der Waals surface area contributed by atoms with Crippen molar-refractivity contribution in [2.45, 2.75) is 67.7 Å². The Hall–Kier alpha value is -6.18. The summed E-state index contributed by atoms with van der Waals surface area (Å²) in [6.07, 6.45) is 5.87. The van der Waals surface area contributed by atoms with Crippen LogP contribution in [0.4, 0.5) is 0 Å². The number of phenolic OH excluding ortho intramolecular Hbond substituents is 2. The molecule has 7 aliphatic rings. The van der Waals surface area contributed by atoms with Gasteiger partial charge in [0.25, 0.3) is 0 Å². The lowest BCUT2D eigenvalue weighted by Crippen LogP contribution is -2.70. The summed E-state index contributed by atoms with van der Waals surface area (Å²) in [4.78, 5) is 33.5. The van der Waals surface area contributed by atoms with Crippen LogP contribution in [-0.2, 0) is 32.7 Å². The van der Waals surface area contributed by atoms with Crippen LogP contribution in [0.25, 0.3) is 6.08 Å². The van der Waals surface area contributed by atoms with Crippen LogP contribution in [0.1, 0.15) is 67.4 Å². The van der Waals surface area contributed by atoms with Crippen molar-refractivity contribution in [3.63, 3.8) is 0 Å². The van der Waals surface area contributed by atoms with E-state index in [0.29, 0.717) is 71.0 Å². The number of thioether (sulfide) groups is 1. The largest absolute Gasteiger partial charge is 0.504 e. The molecule has 0 saturated carbocycles. The fourth-order valence-corrected chi connectivity index (χ4v) is 12.8. The normalized spacial score (nSPS) is 26.5. The minimum absolute atomic E-state index is 0.0146. The highest BCUT2D eigenvalue weighted by Gasteiger charge is 2.62.